The summed E-state index contributed by atoms with van der Waals surface area (Å²) in [6.45, 7) is 0. The first kappa shape index (κ1) is 16.6. The van der Waals surface area contributed by atoms with E-state index < -0.39 is 0 Å². The van der Waals surface area contributed by atoms with Crippen LogP contribution in [0.15, 0.2) is 69.1 Å². The van der Waals surface area contributed by atoms with E-state index in [-0.39, 0.29) is 0 Å². The summed E-state index contributed by atoms with van der Waals surface area (Å²) in [5, 5.41) is 10.1. The molecule has 27 heavy (non-hydrogen) atoms. The third-order valence-electron chi connectivity index (χ3n) is 3.93. The molecular weight excluding hydrogens is 396 g/mol. The molecule has 0 saturated carbocycles. The van der Waals surface area contributed by atoms with E-state index in [1.54, 1.807) is 40.8 Å². The highest BCUT2D eigenvalue weighted by Gasteiger charge is 2.13. The molecule has 0 amide bonds. The Morgan fingerprint density at radius 3 is 2.81 bits per heavy atom. The summed E-state index contributed by atoms with van der Waals surface area (Å²) >= 11 is 4.88. The molecule has 4 aromatic heterocycles. The minimum Gasteiger partial charge on any atom is -0.334 e. The van der Waals surface area contributed by atoms with Crippen LogP contribution < -0.4 is 0 Å². The lowest BCUT2D eigenvalue weighted by atomic mass is 10.2. The fraction of sp³-hybridized carbons (Fsp3) is 0.0526. The van der Waals surface area contributed by atoms with Crippen LogP contribution in [0.1, 0.15) is 5.82 Å². The summed E-state index contributed by atoms with van der Waals surface area (Å²) in [7, 11) is 0. The van der Waals surface area contributed by atoms with Gasteiger partial charge in [0.05, 0.1) is 11.3 Å². The molecule has 0 spiro atoms. The van der Waals surface area contributed by atoms with Crippen LogP contribution in [0.4, 0.5) is 0 Å². The van der Waals surface area contributed by atoms with Crippen molar-refractivity contribution in [3.63, 3.8) is 0 Å². The molecule has 0 aliphatic rings. The lowest BCUT2D eigenvalue weighted by Gasteiger charge is -1.98. The molecule has 8 heteroatoms. The second-order valence-corrected chi connectivity index (χ2v) is 8.47. The van der Waals surface area contributed by atoms with Crippen molar-refractivity contribution in [3.05, 3.63) is 65.4 Å². The van der Waals surface area contributed by atoms with Gasteiger partial charge in [0.2, 0.25) is 0 Å². The number of hydrogen-bond donors (Lipinski definition) is 0. The van der Waals surface area contributed by atoms with Gasteiger partial charge in [0.1, 0.15) is 16.2 Å². The normalized spacial score (nSPS) is 11.3. The van der Waals surface area contributed by atoms with Crippen LogP contribution in [0.3, 0.4) is 0 Å². The number of benzene rings is 1. The molecule has 5 aromatic rings. The fourth-order valence-corrected chi connectivity index (χ4v) is 5.16. The Kier molecular flexibility index (Phi) is 4.44. The monoisotopic (exact) mass is 408 g/mol. The summed E-state index contributed by atoms with van der Waals surface area (Å²) in [5.41, 5.74) is 2.15. The van der Waals surface area contributed by atoms with Gasteiger partial charge in [-0.3, -0.25) is 0 Å². The molecule has 0 bridgehead atoms. The van der Waals surface area contributed by atoms with Gasteiger partial charge in [-0.05, 0) is 23.1 Å². The fourth-order valence-electron chi connectivity index (χ4n) is 2.64. The molecule has 5 nitrogen and oxygen atoms in total. The number of fused-ring (bicyclic) bond motifs is 1. The highest BCUT2D eigenvalue weighted by Crippen LogP contribution is 2.36. The van der Waals surface area contributed by atoms with Crippen LogP contribution in [0.2, 0.25) is 0 Å². The second kappa shape index (κ2) is 7.22. The van der Waals surface area contributed by atoms with E-state index >= 15 is 0 Å². The lowest BCUT2D eigenvalue weighted by molar-refractivity contribution is 0.425. The van der Waals surface area contributed by atoms with Gasteiger partial charge in [-0.2, -0.15) is 16.3 Å². The van der Waals surface area contributed by atoms with Gasteiger partial charge in [0.15, 0.2) is 5.82 Å². The van der Waals surface area contributed by atoms with Gasteiger partial charge in [-0.15, -0.1) is 11.3 Å². The maximum Gasteiger partial charge on any atom is 0.258 e. The highest BCUT2D eigenvalue weighted by molar-refractivity contribution is 7.98. The first-order valence-corrected chi connectivity index (χ1v) is 10.9. The van der Waals surface area contributed by atoms with E-state index in [9.17, 15) is 0 Å². The van der Waals surface area contributed by atoms with Gasteiger partial charge < -0.3 is 4.52 Å². The predicted octanol–water partition coefficient (Wildman–Crippen LogP) is 5.76. The molecule has 0 aliphatic heterocycles. The number of nitrogens with zero attached hydrogens (tertiary/aromatic N) is 4. The first-order valence-electron chi connectivity index (χ1n) is 8.15. The number of thiophene rings is 2. The molecule has 0 radical (unpaired) electrons. The molecule has 132 valence electrons. The van der Waals surface area contributed by atoms with Gasteiger partial charge in [0, 0.05) is 15.6 Å². The molecule has 0 unspecified atom stereocenters. The lowest BCUT2D eigenvalue weighted by Crippen LogP contribution is -1.87. The highest BCUT2D eigenvalue weighted by atomic mass is 32.2. The van der Waals surface area contributed by atoms with E-state index in [1.165, 1.54) is 10.4 Å². The Morgan fingerprint density at radius 1 is 1.04 bits per heavy atom. The third-order valence-corrected chi connectivity index (χ3v) is 6.70. The Hall–Kier alpha value is -2.55. The zero-order valence-corrected chi connectivity index (χ0v) is 16.4. The molecule has 1 aromatic carbocycles. The largest absolute Gasteiger partial charge is 0.334 e. The quantitative estimate of drug-likeness (QED) is 0.272. The van der Waals surface area contributed by atoms with Crippen molar-refractivity contribution >= 4 is 44.7 Å². The van der Waals surface area contributed by atoms with Crippen LogP contribution in [-0.2, 0) is 5.75 Å². The summed E-state index contributed by atoms with van der Waals surface area (Å²) in [5.74, 6) is 1.81. The summed E-state index contributed by atoms with van der Waals surface area (Å²) < 4.78 is 5.35. The van der Waals surface area contributed by atoms with Crippen LogP contribution in [0, 0.1) is 0 Å². The molecule has 4 heterocycles. The van der Waals surface area contributed by atoms with Crippen LogP contribution in [0.25, 0.3) is 32.1 Å². The summed E-state index contributed by atoms with van der Waals surface area (Å²) in [4.78, 5) is 15.5. The van der Waals surface area contributed by atoms with E-state index in [2.05, 4.69) is 38.3 Å². The van der Waals surface area contributed by atoms with Crippen molar-refractivity contribution < 1.29 is 4.52 Å². The SMILES string of the molecule is c1ccc(-c2cc3c(SCc4noc(-c5ccsc5)n4)ncnc3s2)cc1. The molecule has 0 saturated heterocycles. The van der Waals surface area contributed by atoms with E-state index in [0.29, 0.717) is 17.5 Å². The zero-order chi connectivity index (χ0) is 18.1. The standard InChI is InChI=1S/C19H12N4OS3/c1-2-4-12(5-3-1)15-8-14-18(20-11-21-19(14)27-15)26-10-16-22-17(24-23-16)13-6-7-25-9-13/h1-9,11H,10H2. The van der Waals surface area contributed by atoms with Gasteiger partial charge in [-0.1, -0.05) is 47.3 Å². The number of thioether (sulfide) groups is 1. The van der Waals surface area contributed by atoms with Crippen molar-refractivity contribution in [1.82, 2.24) is 20.1 Å². The Morgan fingerprint density at radius 2 is 1.96 bits per heavy atom. The average Bonchev–Trinajstić information content (AvgIpc) is 3.47. The smallest absolute Gasteiger partial charge is 0.258 e. The zero-order valence-electron chi connectivity index (χ0n) is 13.9. The maximum atomic E-state index is 5.35. The van der Waals surface area contributed by atoms with E-state index in [0.717, 1.165) is 20.8 Å². The minimum atomic E-state index is 0.557. The van der Waals surface area contributed by atoms with Crippen molar-refractivity contribution in [1.29, 1.82) is 0 Å². The van der Waals surface area contributed by atoms with Gasteiger partial charge in [0.25, 0.3) is 5.89 Å². The van der Waals surface area contributed by atoms with Gasteiger partial charge >= 0.3 is 0 Å². The number of hydrogen-bond acceptors (Lipinski definition) is 8. The minimum absolute atomic E-state index is 0.557. The van der Waals surface area contributed by atoms with E-state index in [1.807, 2.05) is 35.0 Å². The van der Waals surface area contributed by atoms with Crippen LogP contribution in [-0.4, -0.2) is 20.1 Å². The van der Waals surface area contributed by atoms with Gasteiger partial charge in [-0.25, -0.2) is 9.97 Å². The Bertz CT molecular complexity index is 1180. The molecule has 0 N–H and O–H groups in total. The van der Waals surface area contributed by atoms with Crippen molar-refractivity contribution in [2.45, 2.75) is 10.8 Å². The predicted molar refractivity (Wildman–Crippen MR) is 110 cm³/mol. The third kappa shape index (κ3) is 3.39. The molecule has 5 rings (SSSR count). The Labute approximate surface area is 167 Å². The second-order valence-electron chi connectivity index (χ2n) is 5.69. The summed E-state index contributed by atoms with van der Waals surface area (Å²) in [6.07, 6.45) is 1.61. The molecular formula is C19H12N4OS3. The molecule has 0 fully saturated rings. The number of rotatable bonds is 5. The maximum absolute atomic E-state index is 5.35. The van der Waals surface area contributed by atoms with Crippen LogP contribution in [0.5, 0.6) is 0 Å². The Balaban J connectivity index is 1.40. The number of aromatic nitrogens is 4. The molecule has 0 atom stereocenters. The molecule has 0 aliphatic carbocycles. The van der Waals surface area contributed by atoms with Crippen molar-refractivity contribution in [2.24, 2.45) is 0 Å². The van der Waals surface area contributed by atoms with Crippen molar-refractivity contribution in [2.75, 3.05) is 0 Å². The average molecular weight is 409 g/mol. The first-order chi connectivity index (χ1) is 13.4. The topological polar surface area (TPSA) is 64.7 Å². The van der Waals surface area contributed by atoms with Crippen LogP contribution >= 0.6 is 34.4 Å². The van der Waals surface area contributed by atoms with Crippen molar-refractivity contribution in [3.8, 4) is 21.9 Å². The summed E-state index contributed by atoms with van der Waals surface area (Å²) in [6, 6.07) is 14.5. The van der Waals surface area contributed by atoms with E-state index in [4.69, 9.17) is 4.52 Å².